The molecule has 0 unspecified atom stereocenters. The summed E-state index contributed by atoms with van der Waals surface area (Å²) in [7, 11) is 0. The van der Waals surface area contributed by atoms with E-state index in [0.717, 1.165) is 88.3 Å². The molecule has 0 spiro atoms. The first-order valence-corrected chi connectivity index (χ1v) is 21.7. The molecule has 0 bridgehead atoms. The standard InChI is InChI=1S/C58H35N7/c59-36-37-16-15-19-39(34-37)47-35-40(57-60-56(38-17-3-1-4-18-38)61-58(62-57)65-49-27-12-7-22-42(49)43-23-8-13-28-50(43)65)30-32-52(47)64-48-26-11-9-24-44(48)45-31-33-53-54(55(45)64)46-25-10-14-29-51(46)63(53)41-20-5-2-6-21-41/h1-35H. The van der Waals surface area contributed by atoms with Gasteiger partial charge >= 0.3 is 0 Å². The molecule has 0 radical (unpaired) electrons. The van der Waals surface area contributed by atoms with Crippen LogP contribution < -0.4 is 0 Å². The van der Waals surface area contributed by atoms with Gasteiger partial charge < -0.3 is 9.13 Å². The Morgan fingerprint density at radius 3 is 1.60 bits per heavy atom. The van der Waals surface area contributed by atoms with Crippen LogP contribution in [-0.2, 0) is 0 Å². The van der Waals surface area contributed by atoms with E-state index in [1.54, 1.807) is 0 Å². The highest BCUT2D eigenvalue weighted by atomic mass is 15.2. The molecule has 9 aromatic carbocycles. The highest BCUT2D eigenvalue weighted by Crippen LogP contribution is 2.44. The van der Waals surface area contributed by atoms with E-state index < -0.39 is 0 Å². The van der Waals surface area contributed by atoms with Crippen LogP contribution in [0.3, 0.4) is 0 Å². The van der Waals surface area contributed by atoms with Crippen molar-refractivity contribution in [3.8, 4) is 57.3 Å². The number of fused-ring (bicyclic) bond motifs is 10. The Kier molecular flexibility index (Phi) is 8.14. The molecule has 65 heavy (non-hydrogen) atoms. The molecule has 7 heteroatoms. The van der Waals surface area contributed by atoms with Crippen molar-refractivity contribution in [2.75, 3.05) is 0 Å². The fourth-order valence-electron chi connectivity index (χ4n) is 9.92. The van der Waals surface area contributed by atoms with Crippen LogP contribution in [0.4, 0.5) is 0 Å². The number of hydrogen-bond acceptors (Lipinski definition) is 4. The molecule has 0 aliphatic rings. The van der Waals surface area contributed by atoms with Crippen LogP contribution in [-0.4, -0.2) is 28.7 Å². The van der Waals surface area contributed by atoms with Crippen LogP contribution in [0.2, 0.25) is 0 Å². The van der Waals surface area contributed by atoms with Crippen LogP contribution in [0.15, 0.2) is 212 Å². The maximum absolute atomic E-state index is 10.2. The van der Waals surface area contributed by atoms with Crippen molar-refractivity contribution in [2.45, 2.75) is 0 Å². The van der Waals surface area contributed by atoms with E-state index in [1.807, 2.05) is 48.5 Å². The van der Waals surface area contributed by atoms with E-state index >= 15 is 0 Å². The second kappa shape index (κ2) is 14.5. The van der Waals surface area contributed by atoms with Gasteiger partial charge in [-0.3, -0.25) is 4.57 Å². The van der Waals surface area contributed by atoms with E-state index in [2.05, 4.69) is 184 Å². The topological polar surface area (TPSA) is 77.2 Å². The van der Waals surface area contributed by atoms with Crippen LogP contribution >= 0.6 is 0 Å². The van der Waals surface area contributed by atoms with Crippen molar-refractivity contribution in [1.29, 1.82) is 5.26 Å². The second-order valence-corrected chi connectivity index (χ2v) is 16.3. The number of benzene rings is 9. The summed E-state index contributed by atoms with van der Waals surface area (Å²) < 4.78 is 6.93. The fourth-order valence-corrected chi connectivity index (χ4v) is 9.92. The van der Waals surface area contributed by atoms with Gasteiger partial charge in [0.15, 0.2) is 11.6 Å². The van der Waals surface area contributed by atoms with Gasteiger partial charge in [0.25, 0.3) is 0 Å². The average molecular weight is 830 g/mol. The number of nitrogens with zero attached hydrogens (tertiary/aromatic N) is 7. The minimum atomic E-state index is 0.531. The van der Waals surface area contributed by atoms with Crippen molar-refractivity contribution in [1.82, 2.24) is 28.7 Å². The third-order valence-electron chi connectivity index (χ3n) is 12.7. The van der Waals surface area contributed by atoms with Crippen molar-refractivity contribution < 1.29 is 0 Å². The molecular weight excluding hydrogens is 795 g/mol. The molecule has 0 saturated carbocycles. The Bertz CT molecular complexity index is 4020. The van der Waals surface area contributed by atoms with E-state index in [0.29, 0.717) is 23.2 Å². The Labute approximate surface area is 373 Å². The third kappa shape index (κ3) is 5.64. The van der Waals surface area contributed by atoms with Gasteiger partial charge in [0, 0.05) is 54.7 Å². The first kappa shape index (κ1) is 36.5. The van der Waals surface area contributed by atoms with Crippen molar-refractivity contribution >= 4 is 65.4 Å². The molecule has 0 atom stereocenters. The monoisotopic (exact) mass is 829 g/mol. The number of hydrogen-bond donors (Lipinski definition) is 0. The van der Waals surface area contributed by atoms with Gasteiger partial charge in [0.05, 0.1) is 50.4 Å². The van der Waals surface area contributed by atoms with Gasteiger partial charge in [0.2, 0.25) is 5.95 Å². The molecule has 13 aromatic rings. The Morgan fingerprint density at radius 1 is 0.369 bits per heavy atom. The molecule has 7 nitrogen and oxygen atoms in total. The summed E-state index contributed by atoms with van der Waals surface area (Å²) in [5, 5.41) is 17.1. The molecule has 0 saturated heterocycles. The summed E-state index contributed by atoms with van der Waals surface area (Å²) in [5.74, 6) is 1.64. The molecule has 0 aliphatic heterocycles. The minimum absolute atomic E-state index is 0.531. The molecule has 302 valence electrons. The SMILES string of the molecule is N#Cc1cccc(-c2cc(-c3nc(-c4ccccc4)nc(-n4c5ccccc5c5ccccc54)n3)ccc2-n2c3ccccc3c3ccc4c(c5ccccc5n4-c4ccccc4)c32)c1. The fraction of sp³-hybridized carbons (Fsp3) is 0. The van der Waals surface area contributed by atoms with Gasteiger partial charge in [-0.1, -0.05) is 140 Å². The molecule has 0 fully saturated rings. The highest BCUT2D eigenvalue weighted by Gasteiger charge is 2.24. The molecular formula is C58H35N7. The van der Waals surface area contributed by atoms with Gasteiger partial charge in [-0.25, -0.2) is 4.98 Å². The summed E-state index contributed by atoms with van der Waals surface area (Å²) >= 11 is 0. The van der Waals surface area contributed by atoms with Crippen LogP contribution in [0.5, 0.6) is 0 Å². The number of aromatic nitrogens is 6. The first-order valence-electron chi connectivity index (χ1n) is 21.7. The largest absolute Gasteiger partial charge is 0.309 e. The molecule has 0 N–H and O–H groups in total. The molecule has 0 aliphatic carbocycles. The van der Waals surface area contributed by atoms with Gasteiger partial charge in [0.1, 0.15) is 0 Å². The molecule has 4 aromatic heterocycles. The van der Waals surface area contributed by atoms with Crippen molar-refractivity contribution in [3.05, 3.63) is 218 Å². The van der Waals surface area contributed by atoms with Crippen molar-refractivity contribution in [3.63, 3.8) is 0 Å². The van der Waals surface area contributed by atoms with Gasteiger partial charge in [-0.2, -0.15) is 15.2 Å². The summed E-state index contributed by atoms with van der Waals surface area (Å²) in [6.07, 6.45) is 0. The first-order chi connectivity index (χ1) is 32.2. The maximum Gasteiger partial charge on any atom is 0.238 e. The van der Waals surface area contributed by atoms with Crippen LogP contribution in [0, 0.1) is 11.3 Å². The lowest BCUT2D eigenvalue weighted by atomic mass is 9.98. The van der Waals surface area contributed by atoms with E-state index in [9.17, 15) is 5.26 Å². The maximum atomic E-state index is 10.2. The van der Waals surface area contributed by atoms with Gasteiger partial charge in [-0.05, 0) is 78.4 Å². The second-order valence-electron chi connectivity index (χ2n) is 16.3. The lowest BCUT2D eigenvalue weighted by Gasteiger charge is -2.17. The smallest absolute Gasteiger partial charge is 0.238 e. The van der Waals surface area contributed by atoms with E-state index in [4.69, 9.17) is 15.0 Å². The quantitative estimate of drug-likeness (QED) is 0.167. The zero-order valence-electron chi connectivity index (χ0n) is 34.8. The molecule has 13 rings (SSSR count). The van der Waals surface area contributed by atoms with Crippen LogP contribution in [0.25, 0.3) is 117 Å². The van der Waals surface area contributed by atoms with E-state index in [-0.39, 0.29) is 0 Å². The van der Waals surface area contributed by atoms with Crippen LogP contribution in [0.1, 0.15) is 5.56 Å². The summed E-state index contributed by atoms with van der Waals surface area (Å²) in [6, 6.07) is 76.1. The van der Waals surface area contributed by atoms with Gasteiger partial charge in [-0.15, -0.1) is 0 Å². The number of nitriles is 1. The normalized spacial score (nSPS) is 11.7. The third-order valence-corrected chi connectivity index (χ3v) is 12.7. The number of para-hydroxylation sites is 5. The van der Waals surface area contributed by atoms with E-state index in [1.165, 1.54) is 10.8 Å². The summed E-state index contributed by atoms with van der Waals surface area (Å²) in [6.45, 7) is 0. The zero-order valence-corrected chi connectivity index (χ0v) is 34.8. The summed E-state index contributed by atoms with van der Waals surface area (Å²) in [4.78, 5) is 15.7. The predicted molar refractivity (Wildman–Crippen MR) is 264 cm³/mol. The number of rotatable bonds is 6. The molecule has 0 amide bonds. The molecule has 4 heterocycles. The Hall–Kier alpha value is -9.12. The zero-order chi connectivity index (χ0) is 43.0. The lowest BCUT2D eigenvalue weighted by molar-refractivity contribution is 0.953. The lowest BCUT2D eigenvalue weighted by Crippen LogP contribution is -2.06. The summed E-state index contributed by atoms with van der Waals surface area (Å²) in [5.41, 5.74) is 12.7. The predicted octanol–water partition coefficient (Wildman–Crippen LogP) is 14.0. The van der Waals surface area contributed by atoms with Crippen molar-refractivity contribution in [2.24, 2.45) is 0 Å². The Morgan fingerprint density at radius 2 is 0.923 bits per heavy atom. The Balaban J connectivity index is 1.12. The minimum Gasteiger partial charge on any atom is -0.309 e. The highest BCUT2D eigenvalue weighted by molar-refractivity contribution is 6.26. The average Bonchev–Trinajstić information content (AvgIpc) is 4.02.